The second-order valence-corrected chi connectivity index (χ2v) is 13.6. The summed E-state index contributed by atoms with van der Waals surface area (Å²) in [5, 5.41) is 0. The summed E-state index contributed by atoms with van der Waals surface area (Å²) in [6.45, 7) is 16.9. The molecule has 1 aliphatic carbocycles. The third-order valence-corrected chi connectivity index (χ3v) is 10.7. The fraction of sp³-hybridized carbons (Fsp3) is 0.543. The van der Waals surface area contributed by atoms with Crippen LogP contribution in [0.4, 0.5) is 23.0 Å². The summed E-state index contributed by atoms with van der Waals surface area (Å²) in [6, 6.07) is 20.0. The Bertz CT molecular complexity index is 1320. The van der Waals surface area contributed by atoms with Crippen molar-refractivity contribution in [2.24, 2.45) is 16.7 Å². The van der Waals surface area contributed by atoms with E-state index in [-0.39, 0.29) is 22.4 Å². The molecule has 0 saturated heterocycles. The van der Waals surface area contributed by atoms with Crippen LogP contribution in [0.5, 0.6) is 0 Å². The highest BCUT2D eigenvalue weighted by molar-refractivity contribution is 5.86. The quantitative estimate of drug-likeness (QED) is 0.334. The van der Waals surface area contributed by atoms with Gasteiger partial charge in [0.05, 0.1) is 11.9 Å². The van der Waals surface area contributed by atoms with Gasteiger partial charge >= 0.3 is 0 Å². The van der Waals surface area contributed by atoms with Gasteiger partial charge in [-0.2, -0.15) is 0 Å². The maximum atomic E-state index is 5.62. The molecule has 1 saturated carbocycles. The minimum Gasteiger partial charge on any atom is -0.302 e. The molecule has 206 valence electrons. The summed E-state index contributed by atoms with van der Waals surface area (Å²) < 4.78 is 0. The SMILES string of the molecule is CCC1C2N(c3ccccc3)c3ncc(C4C(C)(C)CCCC4(C)C)nc3N2c2ccccc2C1(CC)CC. The van der Waals surface area contributed by atoms with Crippen molar-refractivity contribution >= 4 is 23.0 Å². The predicted molar refractivity (Wildman–Crippen MR) is 163 cm³/mol. The van der Waals surface area contributed by atoms with E-state index in [1.54, 1.807) is 0 Å². The number of hydrogen-bond acceptors (Lipinski definition) is 4. The van der Waals surface area contributed by atoms with Gasteiger partial charge in [-0.3, -0.25) is 0 Å². The molecule has 2 aromatic carbocycles. The molecular formula is C35H46N4. The Balaban J connectivity index is 1.62. The van der Waals surface area contributed by atoms with E-state index in [2.05, 4.69) is 119 Å². The Morgan fingerprint density at radius 1 is 0.795 bits per heavy atom. The molecule has 0 N–H and O–H groups in total. The van der Waals surface area contributed by atoms with Crippen molar-refractivity contribution in [2.45, 2.75) is 104 Å². The molecule has 0 bridgehead atoms. The first-order valence-corrected chi connectivity index (χ1v) is 15.3. The Hall–Kier alpha value is -2.88. The molecule has 2 aliphatic heterocycles. The predicted octanol–water partition coefficient (Wildman–Crippen LogP) is 9.51. The number of para-hydroxylation sites is 2. The van der Waals surface area contributed by atoms with Crippen LogP contribution in [0.1, 0.15) is 104 Å². The zero-order chi connectivity index (χ0) is 27.6. The van der Waals surface area contributed by atoms with E-state index >= 15 is 0 Å². The number of rotatable bonds is 5. The van der Waals surface area contributed by atoms with Crippen molar-refractivity contribution in [3.8, 4) is 0 Å². The number of hydrogen-bond donors (Lipinski definition) is 0. The van der Waals surface area contributed by atoms with Crippen LogP contribution >= 0.6 is 0 Å². The molecule has 1 fully saturated rings. The maximum Gasteiger partial charge on any atom is 0.178 e. The van der Waals surface area contributed by atoms with Gasteiger partial charge in [0.25, 0.3) is 0 Å². The lowest BCUT2D eigenvalue weighted by atomic mass is 9.56. The third kappa shape index (κ3) is 3.77. The lowest BCUT2D eigenvalue weighted by Crippen LogP contribution is -2.56. The zero-order valence-electron chi connectivity index (χ0n) is 25.0. The fourth-order valence-corrected chi connectivity index (χ4v) is 9.20. The first-order chi connectivity index (χ1) is 18.7. The molecule has 4 nitrogen and oxygen atoms in total. The number of aromatic nitrogens is 2. The summed E-state index contributed by atoms with van der Waals surface area (Å²) in [6.07, 6.45) is 9.36. The van der Waals surface area contributed by atoms with Crippen molar-refractivity contribution < 1.29 is 0 Å². The Labute approximate surface area is 235 Å². The van der Waals surface area contributed by atoms with Gasteiger partial charge in [-0.25, -0.2) is 9.97 Å². The lowest BCUT2D eigenvalue weighted by molar-refractivity contribution is 0.0698. The fourth-order valence-electron chi connectivity index (χ4n) is 9.20. The molecule has 3 aliphatic rings. The van der Waals surface area contributed by atoms with Crippen LogP contribution in [0.2, 0.25) is 0 Å². The van der Waals surface area contributed by atoms with Gasteiger partial charge in [0.2, 0.25) is 0 Å². The van der Waals surface area contributed by atoms with Crippen LogP contribution in [0.25, 0.3) is 0 Å². The standard InChI is InChI=1S/C35H46N4/c1-8-25-32-38(24-17-12-11-13-18-24)30-31(39(32)28-20-15-14-19-26(28)35(25,9-2)10-3)37-27(23-36-30)29-33(4,5)21-16-22-34(29,6)7/h11-15,17-20,23,25,29,32H,8-10,16,21-22H2,1-7H3. The van der Waals surface area contributed by atoms with E-state index in [1.807, 2.05) is 0 Å². The number of fused-ring (bicyclic) bond motifs is 5. The molecule has 0 amide bonds. The first-order valence-electron chi connectivity index (χ1n) is 15.3. The van der Waals surface area contributed by atoms with E-state index < -0.39 is 0 Å². The van der Waals surface area contributed by atoms with Crippen LogP contribution in [-0.2, 0) is 5.41 Å². The minimum atomic E-state index is 0.109. The van der Waals surface area contributed by atoms with Crippen molar-refractivity contribution in [3.63, 3.8) is 0 Å². The van der Waals surface area contributed by atoms with E-state index in [4.69, 9.17) is 9.97 Å². The Morgan fingerprint density at radius 2 is 1.44 bits per heavy atom. The van der Waals surface area contributed by atoms with Crippen molar-refractivity contribution in [2.75, 3.05) is 9.80 Å². The highest BCUT2D eigenvalue weighted by atomic mass is 15.5. The van der Waals surface area contributed by atoms with Gasteiger partial charge in [0.15, 0.2) is 11.6 Å². The van der Waals surface area contributed by atoms with Gasteiger partial charge in [-0.15, -0.1) is 0 Å². The summed E-state index contributed by atoms with van der Waals surface area (Å²) in [7, 11) is 0. The highest BCUT2D eigenvalue weighted by Crippen LogP contribution is 2.61. The van der Waals surface area contributed by atoms with E-state index in [0.29, 0.717) is 11.8 Å². The second kappa shape index (κ2) is 9.35. The van der Waals surface area contributed by atoms with E-state index in [9.17, 15) is 0 Å². The van der Waals surface area contributed by atoms with Crippen LogP contribution in [0.15, 0.2) is 60.8 Å². The van der Waals surface area contributed by atoms with Crippen molar-refractivity contribution in [1.29, 1.82) is 0 Å². The molecule has 3 aromatic rings. The summed E-state index contributed by atoms with van der Waals surface area (Å²) >= 11 is 0. The van der Waals surface area contributed by atoms with Gasteiger partial charge in [0, 0.05) is 28.6 Å². The normalized spacial score (nSPS) is 24.7. The van der Waals surface area contributed by atoms with Crippen LogP contribution in [0.3, 0.4) is 0 Å². The zero-order valence-corrected chi connectivity index (χ0v) is 25.0. The largest absolute Gasteiger partial charge is 0.302 e. The molecule has 2 atom stereocenters. The molecule has 4 heteroatoms. The van der Waals surface area contributed by atoms with Crippen LogP contribution < -0.4 is 9.80 Å². The van der Waals surface area contributed by atoms with Crippen molar-refractivity contribution in [3.05, 3.63) is 72.1 Å². The smallest absolute Gasteiger partial charge is 0.178 e. The van der Waals surface area contributed by atoms with Gasteiger partial charge < -0.3 is 9.80 Å². The topological polar surface area (TPSA) is 32.3 Å². The average molecular weight is 523 g/mol. The molecule has 0 radical (unpaired) electrons. The monoisotopic (exact) mass is 522 g/mol. The second-order valence-electron chi connectivity index (χ2n) is 13.6. The molecule has 1 aromatic heterocycles. The van der Waals surface area contributed by atoms with Gasteiger partial charge in [-0.1, -0.05) is 91.3 Å². The number of nitrogens with zero attached hydrogens (tertiary/aromatic N) is 4. The third-order valence-electron chi connectivity index (χ3n) is 10.7. The van der Waals surface area contributed by atoms with E-state index in [1.165, 1.54) is 36.2 Å². The highest BCUT2D eigenvalue weighted by Gasteiger charge is 2.56. The Kier molecular flexibility index (Phi) is 6.32. The summed E-state index contributed by atoms with van der Waals surface area (Å²) in [4.78, 5) is 16.0. The summed E-state index contributed by atoms with van der Waals surface area (Å²) in [5.74, 6) is 2.83. The molecule has 3 heterocycles. The van der Waals surface area contributed by atoms with Gasteiger partial charge in [-0.05, 0) is 66.7 Å². The molecule has 2 unspecified atom stereocenters. The average Bonchev–Trinajstić information content (AvgIpc) is 3.26. The Morgan fingerprint density at radius 3 is 2.08 bits per heavy atom. The lowest BCUT2D eigenvalue weighted by Gasteiger charge is -2.53. The van der Waals surface area contributed by atoms with Gasteiger partial charge in [0.1, 0.15) is 6.17 Å². The molecule has 6 rings (SSSR count). The minimum absolute atomic E-state index is 0.109. The summed E-state index contributed by atoms with van der Waals surface area (Å²) in [5.41, 5.74) is 5.63. The van der Waals surface area contributed by atoms with Crippen LogP contribution in [-0.4, -0.2) is 16.1 Å². The van der Waals surface area contributed by atoms with E-state index in [0.717, 1.165) is 36.6 Å². The first kappa shape index (κ1) is 26.3. The van der Waals surface area contributed by atoms with Crippen LogP contribution in [0, 0.1) is 16.7 Å². The van der Waals surface area contributed by atoms with Crippen molar-refractivity contribution in [1.82, 2.24) is 9.97 Å². The molecule has 39 heavy (non-hydrogen) atoms. The maximum absolute atomic E-state index is 5.62. The number of anilines is 4. The molecule has 0 spiro atoms. The molecular weight excluding hydrogens is 476 g/mol. The number of benzene rings is 2.